The zero-order chi connectivity index (χ0) is 14.2. The molecule has 2 N–H and O–H groups in total. The summed E-state index contributed by atoms with van der Waals surface area (Å²) in [7, 11) is 0. The van der Waals surface area contributed by atoms with E-state index < -0.39 is 0 Å². The molecule has 4 nitrogen and oxygen atoms in total. The Bertz CT molecular complexity index is 623. The molecule has 0 saturated heterocycles. The van der Waals surface area contributed by atoms with Crippen molar-refractivity contribution >= 4 is 11.5 Å². The molecule has 0 unspecified atom stereocenters. The standard InChI is InChI=1S/C16H19N3O/c1-2-19-10-9-18-15(19)11-14(20)16(7-8-16)12-3-5-13(17)6-4-12/h3-6,9-10H,2,7-8,11,17H2,1H3. The number of aryl methyl sites for hydroxylation is 1. The highest BCUT2D eigenvalue weighted by molar-refractivity contribution is 5.94. The van der Waals surface area contributed by atoms with E-state index in [2.05, 4.69) is 11.9 Å². The van der Waals surface area contributed by atoms with Gasteiger partial charge in [0.25, 0.3) is 0 Å². The predicted molar refractivity (Wildman–Crippen MR) is 78.4 cm³/mol. The number of carbonyl (C=O) groups is 1. The van der Waals surface area contributed by atoms with Gasteiger partial charge in [-0.3, -0.25) is 4.79 Å². The second-order valence-corrected chi connectivity index (χ2v) is 5.43. The van der Waals surface area contributed by atoms with Crippen LogP contribution >= 0.6 is 0 Å². The molecule has 1 saturated carbocycles. The van der Waals surface area contributed by atoms with E-state index in [0.29, 0.717) is 6.42 Å². The molecule has 0 radical (unpaired) electrons. The maximum Gasteiger partial charge on any atom is 0.150 e. The molecule has 1 aromatic heterocycles. The van der Waals surface area contributed by atoms with E-state index in [9.17, 15) is 4.79 Å². The topological polar surface area (TPSA) is 60.9 Å². The van der Waals surface area contributed by atoms with Crippen LogP contribution in [0.2, 0.25) is 0 Å². The van der Waals surface area contributed by atoms with Gasteiger partial charge in [-0.2, -0.15) is 0 Å². The molecule has 104 valence electrons. The average molecular weight is 269 g/mol. The molecule has 1 aliphatic rings. The fourth-order valence-electron chi connectivity index (χ4n) is 2.76. The lowest BCUT2D eigenvalue weighted by Crippen LogP contribution is -2.24. The molecule has 1 aliphatic carbocycles. The number of imidazole rings is 1. The molecule has 1 fully saturated rings. The minimum Gasteiger partial charge on any atom is -0.399 e. The highest BCUT2D eigenvalue weighted by Gasteiger charge is 2.50. The maximum absolute atomic E-state index is 12.7. The van der Waals surface area contributed by atoms with Gasteiger partial charge >= 0.3 is 0 Å². The second-order valence-electron chi connectivity index (χ2n) is 5.43. The summed E-state index contributed by atoms with van der Waals surface area (Å²) in [6.07, 6.45) is 5.96. The number of Topliss-reactive ketones (excluding diaryl/α,β-unsaturated/α-hetero) is 1. The number of nitrogens with zero attached hydrogens (tertiary/aromatic N) is 2. The Morgan fingerprint density at radius 1 is 1.35 bits per heavy atom. The monoisotopic (exact) mass is 269 g/mol. The van der Waals surface area contributed by atoms with Crippen LogP contribution in [0.15, 0.2) is 36.7 Å². The van der Waals surface area contributed by atoms with Crippen molar-refractivity contribution < 1.29 is 4.79 Å². The fourth-order valence-corrected chi connectivity index (χ4v) is 2.76. The van der Waals surface area contributed by atoms with Crippen molar-refractivity contribution in [2.24, 2.45) is 0 Å². The molecule has 4 heteroatoms. The Kier molecular flexibility index (Phi) is 3.08. The SMILES string of the molecule is CCn1ccnc1CC(=O)C1(c2ccc(N)cc2)CC1. The van der Waals surface area contributed by atoms with Gasteiger partial charge in [0, 0.05) is 24.6 Å². The molecule has 20 heavy (non-hydrogen) atoms. The van der Waals surface area contributed by atoms with Crippen LogP contribution in [0.1, 0.15) is 31.2 Å². The van der Waals surface area contributed by atoms with Gasteiger partial charge in [-0.1, -0.05) is 12.1 Å². The van der Waals surface area contributed by atoms with Gasteiger partial charge in [0.15, 0.2) is 5.78 Å². The molecule has 0 spiro atoms. The normalized spacial score (nSPS) is 16.1. The third-order valence-electron chi connectivity index (χ3n) is 4.21. The number of rotatable bonds is 5. The molecule has 2 aromatic rings. The smallest absolute Gasteiger partial charge is 0.150 e. The Morgan fingerprint density at radius 2 is 2.05 bits per heavy atom. The highest BCUT2D eigenvalue weighted by atomic mass is 16.1. The lowest BCUT2D eigenvalue weighted by molar-refractivity contribution is -0.121. The lowest BCUT2D eigenvalue weighted by Gasteiger charge is -2.15. The van der Waals surface area contributed by atoms with Gasteiger partial charge in [-0.05, 0) is 37.5 Å². The molecule has 0 aliphatic heterocycles. The number of ketones is 1. The molecular formula is C16H19N3O. The summed E-state index contributed by atoms with van der Waals surface area (Å²) in [6.45, 7) is 2.90. The fraction of sp³-hybridized carbons (Fsp3) is 0.375. The van der Waals surface area contributed by atoms with E-state index in [1.165, 1.54) is 0 Å². The second kappa shape index (κ2) is 4.78. The number of hydrogen-bond donors (Lipinski definition) is 1. The number of anilines is 1. The van der Waals surface area contributed by atoms with Gasteiger partial charge in [-0.25, -0.2) is 4.98 Å². The molecule has 0 atom stereocenters. The molecule has 1 aromatic carbocycles. The number of nitrogen functional groups attached to an aromatic ring is 1. The summed E-state index contributed by atoms with van der Waals surface area (Å²) in [5.41, 5.74) is 7.25. The van der Waals surface area contributed by atoms with E-state index >= 15 is 0 Å². The van der Waals surface area contributed by atoms with E-state index in [-0.39, 0.29) is 11.2 Å². The minimum atomic E-state index is -0.293. The Morgan fingerprint density at radius 3 is 2.65 bits per heavy atom. The molecule has 1 heterocycles. The highest BCUT2D eigenvalue weighted by Crippen LogP contribution is 2.49. The number of aromatic nitrogens is 2. The van der Waals surface area contributed by atoms with Crippen LogP contribution in [0.5, 0.6) is 0 Å². The van der Waals surface area contributed by atoms with Crippen LogP contribution in [0.4, 0.5) is 5.69 Å². The maximum atomic E-state index is 12.7. The number of carbonyl (C=O) groups excluding carboxylic acids is 1. The van der Waals surface area contributed by atoms with E-state index in [1.54, 1.807) is 6.20 Å². The van der Waals surface area contributed by atoms with Crippen LogP contribution in [0.3, 0.4) is 0 Å². The van der Waals surface area contributed by atoms with Crippen molar-refractivity contribution in [1.82, 2.24) is 9.55 Å². The third kappa shape index (κ3) is 2.11. The summed E-state index contributed by atoms with van der Waals surface area (Å²) in [5.74, 6) is 1.13. The van der Waals surface area contributed by atoms with E-state index in [1.807, 2.05) is 35.0 Å². The van der Waals surface area contributed by atoms with Gasteiger partial charge in [0.05, 0.1) is 11.8 Å². The van der Waals surface area contributed by atoms with Crippen LogP contribution in [-0.2, 0) is 23.2 Å². The first-order chi connectivity index (χ1) is 9.65. The summed E-state index contributed by atoms with van der Waals surface area (Å²) in [4.78, 5) is 17.0. The van der Waals surface area contributed by atoms with Crippen LogP contribution in [0, 0.1) is 0 Å². The van der Waals surface area contributed by atoms with Crippen LogP contribution in [0.25, 0.3) is 0 Å². The number of hydrogen-bond acceptors (Lipinski definition) is 3. The summed E-state index contributed by atoms with van der Waals surface area (Å²) < 4.78 is 2.02. The Balaban J connectivity index is 1.82. The van der Waals surface area contributed by atoms with Crippen molar-refractivity contribution in [1.29, 1.82) is 0 Å². The van der Waals surface area contributed by atoms with Crippen molar-refractivity contribution in [3.63, 3.8) is 0 Å². The lowest BCUT2D eigenvalue weighted by atomic mass is 9.89. The van der Waals surface area contributed by atoms with Gasteiger partial charge < -0.3 is 10.3 Å². The Labute approximate surface area is 118 Å². The first-order valence-corrected chi connectivity index (χ1v) is 7.05. The quantitative estimate of drug-likeness (QED) is 0.847. The molecule has 0 amide bonds. The third-order valence-corrected chi connectivity index (χ3v) is 4.21. The average Bonchev–Trinajstić information content (AvgIpc) is 3.15. The Hall–Kier alpha value is -2.10. The van der Waals surface area contributed by atoms with Gasteiger partial charge in [-0.15, -0.1) is 0 Å². The van der Waals surface area contributed by atoms with Crippen molar-refractivity contribution in [3.05, 3.63) is 48.0 Å². The van der Waals surface area contributed by atoms with Gasteiger partial charge in [0.2, 0.25) is 0 Å². The number of nitrogens with two attached hydrogens (primary N) is 1. The summed E-state index contributed by atoms with van der Waals surface area (Å²) >= 11 is 0. The molecular weight excluding hydrogens is 250 g/mol. The van der Waals surface area contributed by atoms with Crippen LogP contribution in [-0.4, -0.2) is 15.3 Å². The largest absolute Gasteiger partial charge is 0.399 e. The molecule has 0 bridgehead atoms. The van der Waals surface area contributed by atoms with Gasteiger partial charge in [0.1, 0.15) is 5.82 Å². The van der Waals surface area contributed by atoms with E-state index in [0.717, 1.165) is 36.5 Å². The van der Waals surface area contributed by atoms with Crippen molar-refractivity contribution in [2.75, 3.05) is 5.73 Å². The summed E-state index contributed by atoms with van der Waals surface area (Å²) in [5, 5.41) is 0. The van der Waals surface area contributed by atoms with Crippen molar-refractivity contribution in [3.8, 4) is 0 Å². The number of benzene rings is 1. The summed E-state index contributed by atoms with van der Waals surface area (Å²) in [6, 6.07) is 7.70. The first kappa shape index (κ1) is 12.9. The first-order valence-electron chi connectivity index (χ1n) is 7.05. The van der Waals surface area contributed by atoms with Crippen LogP contribution < -0.4 is 5.73 Å². The van der Waals surface area contributed by atoms with Crippen molar-refractivity contribution in [2.45, 2.75) is 38.1 Å². The molecule has 3 rings (SSSR count). The minimum absolute atomic E-state index is 0.267. The zero-order valence-electron chi connectivity index (χ0n) is 11.7. The van der Waals surface area contributed by atoms with E-state index in [4.69, 9.17) is 5.73 Å². The predicted octanol–water partition coefficient (Wildman–Crippen LogP) is 2.33. The zero-order valence-corrected chi connectivity index (χ0v) is 11.7.